The van der Waals surface area contributed by atoms with Crippen molar-refractivity contribution in [1.29, 1.82) is 0 Å². The lowest BCUT2D eigenvalue weighted by atomic mass is 10.4. The normalized spacial score (nSPS) is 10.4. The fourth-order valence-corrected chi connectivity index (χ4v) is 2.51. The van der Waals surface area contributed by atoms with E-state index in [1.54, 1.807) is 6.92 Å². The molecule has 2 aromatic heterocycles. The molecule has 19 heavy (non-hydrogen) atoms. The maximum Gasteiger partial charge on any atom is 0.334 e. The fourth-order valence-electron chi connectivity index (χ4n) is 1.21. The average Bonchev–Trinajstić information content (AvgIpc) is 3.06. The van der Waals surface area contributed by atoms with E-state index in [4.69, 9.17) is 9.15 Å². The number of thioether (sulfide) groups is 1. The Labute approximate surface area is 118 Å². The summed E-state index contributed by atoms with van der Waals surface area (Å²) in [6.07, 6.45) is 0. The topological polar surface area (TPSA) is 65.2 Å². The van der Waals surface area contributed by atoms with E-state index in [2.05, 4.69) is 16.8 Å². The van der Waals surface area contributed by atoms with Crippen LogP contribution in [0, 0.1) is 0 Å². The van der Waals surface area contributed by atoms with Gasteiger partial charge < -0.3 is 9.15 Å². The number of aromatic nitrogens is 2. The molecule has 2 heterocycles. The Kier molecular flexibility index (Phi) is 4.75. The molecule has 0 amide bonds. The molecule has 0 saturated heterocycles. The second-order valence-corrected chi connectivity index (χ2v) is 5.34. The van der Waals surface area contributed by atoms with E-state index < -0.39 is 5.97 Å². The minimum absolute atomic E-state index is 0.339. The zero-order valence-corrected chi connectivity index (χ0v) is 11.9. The summed E-state index contributed by atoms with van der Waals surface area (Å²) in [5, 5.41) is 10.2. The van der Waals surface area contributed by atoms with Crippen LogP contribution in [0.3, 0.4) is 0 Å². The summed E-state index contributed by atoms with van der Waals surface area (Å²) in [6, 6.07) is 3.82. The molecule has 0 aromatic carbocycles. The standard InChI is InChI=1S/C12H12N2O3S2/c1-3-16-11(15)8(2)7-19-12-14-13-10(17-12)9-5-4-6-18-9/h4-6H,2-3,7H2,1H3. The smallest absolute Gasteiger partial charge is 0.334 e. The van der Waals surface area contributed by atoms with Gasteiger partial charge in [0, 0.05) is 11.3 Å². The van der Waals surface area contributed by atoms with Crippen LogP contribution in [0.5, 0.6) is 0 Å². The van der Waals surface area contributed by atoms with Gasteiger partial charge in [-0.05, 0) is 18.4 Å². The van der Waals surface area contributed by atoms with Gasteiger partial charge in [0.2, 0.25) is 0 Å². The molecule has 0 aliphatic carbocycles. The molecule has 2 rings (SSSR count). The summed E-state index contributed by atoms with van der Waals surface area (Å²) >= 11 is 2.79. The summed E-state index contributed by atoms with van der Waals surface area (Å²) in [5.74, 6) is 0.456. The molecular formula is C12H12N2O3S2. The van der Waals surface area contributed by atoms with Gasteiger partial charge in [0.1, 0.15) is 0 Å². The fraction of sp³-hybridized carbons (Fsp3) is 0.250. The van der Waals surface area contributed by atoms with Crippen LogP contribution in [-0.4, -0.2) is 28.5 Å². The summed E-state index contributed by atoms with van der Waals surface area (Å²) in [5.41, 5.74) is 0.378. The lowest BCUT2D eigenvalue weighted by molar-refractivity contribution is -0.138. The molecule has 0 aliphatic heterocycles. The van der Waals surface area contributed by atoms with Gasteiger partial charge in [0.15, 0.2) is 0 Å². The van der Waals surface area contributed by atoms with Crippen LogP contribution in [0.2, 0.25) is 0 Å². The summed E-state index contributed by atoms with van der Waals surface area (Å²) in [4.78, 5) is 12.3. The molecule has 5 nitrogen and oxygen atoms in total. The van der Waals surface area contributed by atoms with Crippen molar-refractivity contribution >= 4 is 29.1 Å². The minimum Gasteiger partial charge on any atom is -0.463 e. The highest BCUT2D eigenvalue weighted by Gasteiger charge is 2.13. The third-order valence-electron chi connectivity index (χ3n) is 2.07. The third kappa shape index (κ3) is 3.68. The van der Waals surface area contributed by atoms with Crippen LogP contribution >= 0.6 is 23.1 Å². The van der Waals surface area contributed by atoms with Crippen LogP contribution in [0.4, 0.5) is 0 Å². The van der Waals surface area contributed by atoms with E-state index in [9.17, 15) is 4.79 Å². The molecule has 0 N–H and O–H groups in total. The van der Waals surface area contributed by atoms with Gasteiger partial charge in [-0.15, -0.1) is 21.5 Å². The van der Waals surface area contributed by atoms with Crippen LogP contribution in [0.25, 0.3) is 10.8 Å². The van der Waals surface area contributed by atoms with Crippen LogP contribution in [0.15, 0.2) is 39.3 Å². The number of hydrogen-bond acceptors (Lipinski definition) is 7. The number of esters is 1. The molecule has 0 atom stereocenters. The van der Waals surface area contributed by atoms with Crippen LogP contribution in [0.1, 0.15) is 6.92 Å². The number of carbonyl (C=O) groups excluding carboxylic acids is 1. The van der Waals surface area contributed by atoms with Gasteiger partial charge in [-0.25, -0.2) is 4.79 Å². The Morgan fingerprint density at radius 2 is 2.42 bits per heavy atom. The van der Waals surface area contributed by atoms with Gasteiger partial charge in [-0.3, -0.25) is 0 Å². The maximum atomic E-state index is 11.4. The highest BCUT2D eigenvalue weighted by Crippen LogP contribution is 2.27. The lowest BCUT2D eigenvalue weighted by Crippen LogP contribution is -2.08. The largest absolute Gasteiger partial charge is 0.463 e. The second-order valence-electron chi connectivity index (χ2n) is 3.46. The number of rotatable bonds is 6. The third-order valence-corrected chi connectivity index (χ3v) is 3.83. The summed E-state index contributed by atoms with van der Waals surface area (Å²) in [7, 11) is 0. The molecule has 0 aliphatic rings. The van der Waals surface area contributed by atoms with Crippen molar-refractivity contribution in [2.45, 2.75) is 12.1 Å². The number of ether oxygens (including phenoxy) is 1. The molecular weight excluding hydrogens is 284 g/mol. The van der Waals surface area contributed by atoms with Crippen molar-refractivity contribution in [2.75, 3.05) is 12.4 Å². The molecule has 0 radical (unpaired) electrons. The van der Waals surface area contributed by atoms with E-state index in [-0.39, 0.29) is 0 Å². The Balaban J connectivity index is 1.90. The van der Waals surface area contributed by atoms with Gasteiger partial charge >= 0.3 is 5.97 Å². The summed E-state index contributed by atoms with van der Waals surface area (Å²) in [6.45, 7) is 5.75. The predicted molar refractivity (Wildman–Crippen MR) is 74.1 cm³/mol. The molecule has 100 valence electrons. The van der Waals surface area contributed by atoms with Crippen molar-refractivity contribution < 1.29 is 13.9 Å². The highest BCUT2D eigenvalue weighted by atomic mass is 32.2. The van der Waals surface area contributed by atoms with E-state index in [1.165, 1.54) is 23.1 Å². The van der Waals surface area contributed by atoms with E-state index in [0.29, 0.717) is 29.0 Å². The Bertz CT molecular complexity index is 563. The zero-order valence-electron chi connectivity index (χ0n) is 10.3. The lowest BCUT2D eigenvalue weighted by Gasteiger charge is -2.02. The van der Waals surface area contributed by atoms with Crippen molar-refractivity contribution in [3.05, 3.63) is 29.7 Å². The molecule has 0 bridgehead atoms. The van der Waals surface area contributed by atoms with Gasteiger partial charge in [-0.1, -0.05) is 24.4 Å². The first-order valence-corrected chi connectivity index (χ1v) is 7.42. The molecule has 0 spiro atoms. The predicted octanol–water partition coefficient (Wildman–Crippen LogP) is 3.01. The van der Waals surface area contributed by atoms with Crippen molar-refractivity contribution in [3.8, 4) is 10.8 Å². The highest BCUT2D eigenvalue weighted by molar-refractivity contribution is 7.99. The first kappa shape index (κ1) is 13.8. The number of thiophene rings is 1. The van der Waals surface area contributed by atoms with E-state index in [1.807, 2.05) is 17.5 Å². The summed E-state index contributed by atoms with van der Waals surface area (Å²) < 4.78 is 10.3. The van der Waals surface area contributed by atoms with Crippen molar-refractivity contribution in [3.63, 3.8) is 0 Å². The molecule has 2 aromatic rings. The monoisotopic (exact) mass is 296 g/mol. The molecule has 0 unspecified atom stereocenters. The first-order chi connectivity index (χ1) is 9.20. The van der Waals surface area contributed by atoms with Crippen molar-refractivity contribution in [1.82, 2.24) is 10.2 Å². The Morgan fingerprint density at radius 3 is 3.11 bits per heavy atom. The molecule has 7 heteroatoms. The van der Waals surface area contributed by atoms with Crippen molar-refractivity contribution in [2.24, 2.45) is 0 Å². The average molecular weight is 296 g/mol. The SMILES string of the molecule is C=C(CSc1nnc(-c2cccs2)o1)C(=O)OCC. The Hall–Kier alpha value is -1.60. The Morgan fingerprint density at radius 1 is 1.58 bits per heavy atom. The minimum atomic E-state index is -0.395. The zero-order chi connectivity index (χ0) is 13.7. The quantitative estimate of drug-likeness (QED) is 0.464. The molecule has 0 saturated carbocycles. The maximum absolute atomic E-state index is 11.4. The second kappa shape index (κ2) is 6.53. The first-order valence-electron chi connectivity index (χ1n) is 5.55. The van der Waals surface area contributed by atoms with Gasteiger partial charge in [0.05, 0.1) is 11.5 Å². The van der Waals surface area contributed by atoms with E-state index >= 15 is 0 Å². The number of nitrogens with zero attached hydrogens (tertiary/aromatic N) is 2. The van der Waals surface area contributed by atoms with Crippen LogP contribution in [-0.2, 0) is 9.53 Å². The molecule has 0 fully saturated rings. The van der Waals surface area contributed by atoms with Gasteiger partial charge in [0.25, 0.3) is 11.1 Å². The van der Waals surface area contributed by atoms with E-state index in [0.717, 1.165) is 4.88 Å². The van der Waals surface area contributed by atoms with Crippen LogP contribution < -0.4 is 0 Å². The number of hydrogen-bond donors (Lipinski definition) is 0. The van der Waals surface area contributed by atoms with Gasteiger partial charge in [-0.2, -0.15) is 0 Å². The number of carbonyl (C=O) groups is 1.